The van der Waals surface area contributed by atoms with Crippen LogP contribution in [0.2, 0.25) is 0 Å². The Morgan fingerprint density at radius 2 is 1.81 bits per heavy atom. The third-order valence-corrected chi connectivity index (χ3v) is 5.42. The zero-order valence-electron chi connectivity index (χ0n) is 16.3. The average molecular weight is 358 g/mol. The van der Waals surface area contributed by atoms with E-state index in [4.69, 9.17) is 4.74 Å². The molecule has 2 saturated heterocycles. The number of hydrogen-bond donors (Lipinski definition) is 0. The summed E-state index contributed by atoms with van der Waals surface area (Å²) < 4.78 is 6.12. The maximum absolute atomic E-state index is 12.8. The number of para-hydroxylation sites is 1. The molecule has 5 heteroatoms. The number of piperidine rings is 1. The molecule has 0 N–H and O–H groups in total. The molecular weight excluding hydrogens is 328 g/mol. The monoisotopic (exact) mass is 358 g/mol. The highest BCUT2D eigenvalue weighted by molar-refractivity contribution is 5.89. The molecule has 1 atom stereocenters. The molecule has 1 aromatic carbocycles. The van der Waals surface area contributed by atoms with Gasteiger partial charge in [0.1, 0.15) is 11.9 Å². The SMILES string of the molecule is Cc1ccccc1OC1CCN(C(=O)C2CC(=O)N(C(C)(C)C)C2)CC1. The van der Waals surface area contributed by atoms with Crippen LogP contribution in [0.15, 0.2) is 24.3 Å². The molecule has 0 bridgehead atoms. The summed E-state index contributed by atoms with van der Waals surface area (Å²) >= 11 is 0. The quantitative estimate of drug-likeness (QED) is 0.835. The smallest absolute Gasteiger partial charge is 0.227 e. The molecule has 0 aromatic heterocycles. The first-order valence-electron chi connectivity index (χ1n) is 9.57. The highest BCUT2D eigenvalue weighted by Crippen LogP contribution is 2.28. The number of amides is 2. The molecule has 1 aromatic rings. The molecule has 1 unspecified atom stereocenters. The van der Waals surface area contributed by atoms with E-state index >= 15 is 0 Å². The lowest BCUT2D eigenvalue weighted by Gasteiger charge is -2.35. The van der Waals surface area contributed by atoms with Crippen LogP contribution in [0.5, 0.6) is 5.75 Å². The van der Waals surface area contributed by atoms with Gasteiger partial charge >= 0.3 is 0 Å². The van der Waals surface area contributed by atoms with Crippen molar-refractivity contribution in [2.24, 2.45) is 5.92 Å². The van der Waals surface area contributed by atoms with Crippen LogP contribution in [0.25, 0.3) is 0 Å². The molecular formula is C21H30N2O3. The molecule has 2 aliphatic heterocycles. The molecule has 142 valence electrons. The summed E-state index contributed by atoms with van der Waals surface area (Å²) in [6, 6.07) is 8.04. The van der Waals surface area contributed by atoms with Crippen molar-refractivity contribution in [1.29, 1.82) is 0 Å². The molecule has 2 heterocycles. The van der Waals surface area contributed by atoms with E-state index < -0.39 is 0 Å². The summed E-state index contributed by atoms with van der Waals surface area (Å²) in [5.41, 5.74) is 0.915. The van der Waals surface area contributed by atoms with Gasteiger partial charge in [0.25, 0.3) is 0 Å². The van der Waals surface area contributed by atoms with Crippen molar-refractivity contribution in [1.82, 2.24) is 9.80 Å². The predicted molar refractivity (Wildman–Crippen MR) is 101 cm³/mol. The summed E-state index contributed by atoms with van der Waals surface area (Å²) in [4.78, 5) is 28.8. The standard InChI is InChI=1S/C21H30N2O3/c1-15-7-5-6-8-18(15)26-17-9-11-22(12-10-17)20(25)16-13-19(24)23(14-16)21(2,3)4/h5-8,16-17H,9-14H2,1-4H3. The molecule has 2 amide bonds. The Morgan fingerprint density at radius 1 is 1.15 bits per heavy atom. The highest BCUT2D eigenvalue weighted by Gasteiger charge is 2.41. The van der Waals surface area contributed by atoms with E-state index in [-0.39, 0.29) is 29.4 Å². The van der Waals surface area contributed by atoms with Gasteiger partial charge in [-0.15, -0.1) is 0 Å². The molecule has 2 fully saturated rings. The molecule has 0 saturated carbocycles. The van der Waals surface area contributed by atoms with E-state index in [9.17, 15) is 9.59 Å². The zero-order chi connectivity index (χ0) is 18.9. The van der Waals surface area contributed by atoms with E-state index in [0.29, 0.717) is 26.1 Å². The van der Waals surface area contributed by atoms with E-state index in [0.717, 1.165) is 24.2 Å². The number of nitrogens with zero attached hydrogens (tertiary/aromatic N) is 2. The average Bonchev–Trinajstić information content (AvgIpc) is 2.99. The van der Waals surface area contributed by atoms with Crippen LogP contribution in [0.4, 0.5) is 0 Å². The van der Waals surface area contributed by atoms with Crippen LogP contribution in [-0.4, -0.2) is 52.9 Å². The maximum Gasteiger partial charge on any atom is 0.227 e. The first-order chi connectivity index (χ1) is 12.3. The van der Waals surface area contributed by atoms with Gasteiger partial charge < -0.3 is 14.5 Å². The van der Waals surface area contributed by atoms with Crippen LogP contribution < -0.4 is 4.74 Å². The summed E-state index contributed by atoms with van der Waals surface area (Å²) in [6.45, 7) is 10.1. The van der Waals surface area contributed by atoms with Crippen LogP contribution in [0.1, 0.15) is 45.6 Å². The Hall–Kier alpha value is -2.04. The van der Waals surface area contributed by atoms with E-state index in [2.05, 4.69) is 0 Å². The van der Waals surface area contributed by atoms with Crippen molar-refractivity contribution in [2.45, 2.75) is 58.6 Å². The third kappa shape index (κ3) is 4.02. The number of benzene rings is 1. The third-order valence-electron chi connectivity index (χ3n) is 5.42. The first-order valence-corrected chi connectivity index (χ1v) is 9.57. The van der Waals surface area contributed by atoms with Crippen molar-refractivity contribution in [3.63, 3.8) is 0 Å². The molecule has 26 heavy (non-hydrogen) atoms. The van der Waals surface area contributed by atoms with Crippen molar-refractivity contribution in [2.75, 3.05) is 19.6 Å². The normalized spacial score (nSPS) is 22.0. The van der Waals surface area contributed by atoms with Crippen molar-refractivity contribution < 1.29 is 14.3 Å². The lowest BCUT2D eigenvalue weighted by Crippen LogP contribution is -2.46. The second kappa shape index (κ2) is 7.29. The first kappa shape index (κ1) is 18.7. The molecule has 0 spiro atoms. The molecule has 5 nitrogen and oxygen atoms in total. The van der Waals surface area contributed by atoms with Crippen LogP contribution >= 0.6 is 0 Å². The Bertz CT molecular complexity index is 672. The fourth-order valence-corrected chi connectivity index (χ4v) is 3.84. The van der Waals surface area contributed by atoms with Crippen molar-refractivity contribution in [3.8, 4) is 5.75 Å². The van der Waals surface area contributed by atoms with E-state index in [1.54, 1.807) is 0 Å². The summed E-state index contributed by atoms with van der Waals surface area (Å²) in [6.07, 6.45) is 2.17. The van der Waals surface area contributed by atoms with Crippen LogP contribution in [0, 0.1) is 12.8 Å². The molecule has 3 rings (SSSR count). The lowest BCUT2D eigenvalue weighted by atomic mass is 10.0. The van der Waals surface area contributed by atoms with Gasteiger partial charge in [0, 0.05) is 44.4 Å². The van der Waals surface area contributed by atoms with Crippen molar-refractivity contribution >= 4 is 11.8 Å². The number of hydrogen-bond acceptors (Lipinski definition) is 3. The summed E-state index contributed by atoms with van der Waals surface area (Å²) in [7, 11) is 0. The number of likely N-dealkylation sites (tertiary alicyclic amines) is 2. The Kier molecular flexibility index (Phi) is 5.26. The zero-order valence-corrected chi connectivity index (χ0v) is 16.3. The van der Waals surface area contributed by atoms with Gasteiger partial charge in [-0.3, -0.25) is 9.59 Å². The van der Waals surface area contributed by atoms with E-state index in [1.807, 2.05) is 61.8 Å². The van der Waals surface area contributed by atoms with Gasteiger partial charge in [0.05, 0.1) is 5.92 Å². The largest absolute Gasteiger partial charge is 0.490 e. The Labute approximate surface area is 156 Å². The van der Waals surface area contributed by atoms with Crippen LogP contribution in [0.3, 0.4) is 0 Å². The van der Waals surface area contributed by atoms with Gasteiger partial charge in [0.15, 0.2) is 0 Å². The fourth-order valence-electron chi connectivity index (χ4n) is 3.84. The van der Waals surface area contributed by atoms with Crippen LogP contribution in [-0.2, 0) is 9.59 Å². The minimum atomic E-state index is -0.222. The van der Waals surface area contributed by atoms with Gasteiger partial charge in [-0.1, -0.05) is 18.2 Å². The Balaban J connectivity index is 1.53. The van der Waals surface area contributed by atoms with Crippen molar-refractivity contribution in [3.05, 3.63) is 29.8 Å². The number of rotatable bonds is 3. The number of carbonyl (C=O) groups excluding carboxylic acids is 2. The second-order valence-corrected chi connectivity index (χ2v) is 8.48. The molecule has 0 aliphatic carbocycles. The Morgan fingerprint density at radius 3 is 2.38 bits per heavy atom. The van der Waals surface area contributed by atoms with Gasteiger partial charge in [-0.05, 0) is 39.3 Å². The molecule has 2 aliphatic rings. The minimum Gasteiger partial charge on any atom is -0.490 e. The second-order valence-electron chi connectivity index (χ2n) is 8.48. The maximum atomic E-state index is 12.8. The highest BCUT2D eigenvalue weighted by atomic mass is 16.5. The number of ether oxygens (including phenoxy) is 1. The summed E-state index contributed by atoms with van der Waals surface area (Å²) in [5.74, 6) is 0.947. The minimum absolute atomic E-state index is 0.0913. The number of aryl methyl sites for hydroxylation is 1. The van der Waals surface area contributed by atoms with E-state index in [1.165, 1.54) is 0 Å². The molecule has 0 radical (unpaired) electrons. The van der Waals surface area contributed by atoms with Gasteiger partial charge in [-0.2, -0.15) is 0 Å². The summed E-state index contributed by atoms with van der Waals surface area (Å²) in [5, 5.41) is 0. The topological polar surface area (TPSA) is 49.9 Å². The predicted octanol–water partition coefficient (Wildman–Crippen LogP) is 3.01. The lowest BCUT2D eigenvalue weighted by molar-refractivity contribution is -0.137. The van der Waals surface area contributed by atoms with Gasteiger partial charge in [0.2, 0.25) is 11.8 Å². The fraction of sp³-hybridized carbons (Fsp3) is 0.619. The number of carbonyl (C=O) groups is 2. The van der Waals surface area contributed by atoms with Gasteiger partial charge in [-0.25, -0.2) is 0 Å².